The first kappa shape index (κ1) is 74.0. The SMILES string of the molecule is CC/C=C\C/C=C\C/C=C\C/C=C\C/C=C\C/C=C\CCCCCCCCCCCCCCC(=O)NC(COC1OC(CO)C(OC2OC(CO)C(O)C(O)C2O)C(O)C1O)C(O)/C=C/CC/C=C/CCCCCCCCCCCC. The van der Waals surface area contributed by atoms with Crippen LogP contribution < -0.4 is 5.32 Å². The number of allylic oxidation sites excluding steroid dienone is 15. The Morgan fingerprint density at radius 3 is 1.36 bits per heavy atom. The highest BCUT2D eigenvalue weighted by atomic mass is 16.7. The van der Waals surface area contributed by atoms with Gasteiger partial charge in [-0.05, 0) is 83.5 Å². The maximum absolute atomic E-state index is 13.3. The number of aliphatic hydroxyl groups is 8. The molecule has 2 fully saturated rings. The molecule has 2 aliphatic rings. The molecule has 0 radical (unpaired) electrons. The summed E-state index contributed by atoms with van der Waals surface area (Å²) < 4.78 is 22.8. The molecule has 2 rings (SSSR count). The monoisotopic (exact) mass is 1140 g/mol. The van der Waals surface area contributed by atoms with E-state index in [0.29, 0.717) is 12.8 Å². The third kappa shape index (κ3) is 36.4. The molecule has 0 aliphatic carbocycles. The van der Waals surface area contributed by atoms with Crippen molar-refractivity contribution in [2.75, 3.05) is 19.8 Å². The van der Waals surface area contributed by atoms with Gasteiger partial charge in [-0.25, -0.2) is 0 Å². The lowest BCUT2D eigenvalue weighted by Gasteiger charge is -2.46. The van der Waals surface area contributed by atoms with Gasteiger partial charge in [-0.3, -0.25) is 4.79 Å². The first-order valence-electron chi connectivity index (χ1n) is 32.0. The molecule has 2 aliphatic heterocycles. The van der Waals surface area contributed by atoms with E-state index >= 15 is 0 Å². The van der Waals surface area contributed by atoms with Crippen LogP contribution in [0.1, 0.15) is 226 Å². The highest BCUT2D eigenvalue weighted by Crippen LogP contribution is 2.30. The summed E-state index contributed by atoms with van der Waals surface area (Å²) in [6, 6.07) is -0.938. The molecule has 466 valence electrons. The second-order valence-corrected chi connectivity index (χ2v) is 22.1. The molecule has 0 aromatic heterocycles. The smallest absolute Gasteiger partial charge is 0.220 e. The van der Waals surface area contributed by atoms with Crippen molar-refractivity contribution in [3.63, 3.8) is 0 Å². The molecule has 2 heterocycles. The van der Waals surface area contributed by atoms with Gasteiger partial charge in [0.25, 0.3) is 0 Å². The Hall–Kier alpha value is -3.09. The van der Waals surface area contributed by atoms with E-state index in [0.717, 1.165) is 77.0 Å². The second-order valence-electron chi connectivity index (χ2n) is 22.1. The average Bonchev–Trinajstić information content (AvgIpc) is 3.47. The Labute approximate surface area is 490 Å². The fraction of sp³-hybridized carbons (Fsp3) is 0.746. The van der Waals surface area contributed by atoms with Crippen LogP contribution in [0, 0.1) is 0 Å². The summed E-state index contributed by atoms with van der Waals surface area (Å²) in [5, 5.41) is 87.2. The normalized spacial score (nSPS) is 24.8. The van der Waals surface area contributed by atoms with Crippen molar-refractivity contribution >= 4 is 5.91 Å². The maximum atomic E-state index is 13.3. The fourth-order valence-electron chi connectivity index (χ4n) is 9.90. The van der Waals surface area contributed by atoms with E-state index < -0.39 is 86.8 Å². The van der Waals surface area contributed by atoms with Crippen LogP contribution in [-0.2, 0) is 23.7 Å². The zero-order valence-electron chi connectivity index (χ0n) is 50.2. The lowest BCUT2D eigenvalue weighted by molar-refractivity contribution is -0.359. The van der Waals surface area contributed by atoms with E-state index in [1.165, 1.54) is 116 Å². The summed E-state index contributed by atoms with van der Waals surface area (Å²) in [4.78, 5) is 13.3. The minimum Gasteiger partial charge on any atom is -0.394 e. The molecule has 2 saturated heterocycles. The predicted molar refractivity (Wildman–Crippen MR) is 327 cm³/mol. The first-order chi connectivity index (χ1) is 39.6. The molecule has 0 spiro atoms. The minimum absolute atomic E-state index is 0.255. The average molecular weight is 1140 g/mol. The van der Waals surface area contributed by atoms with Crippen molar-refractivity contribution in [3.05, 3.63) is 97.2 Å². The van der Waals surface area contributed by atoms with E-state index in [1.807, 2.05) is 6.08 Å². The molecule has 1 amide bonds. The van der Waals surface area contributed by atoms with Gasteiger partial charge in [-0.2, -0.15) is 0 Å². The zero-order valence-corrected chi connectivity index (χ0v) is 50.2. The van der Waals surface area contributed by atoms with Crippen LogP contribution >= 0.6 is 0 Å². The van der Waals surface area contributed by atoms with Crippen LogP contribution in [0.5, 0.6) is 0 Å². The van der Waals surface area contributed by atoms with Crippen LogP contribution in [0.2, 0.25) is 0 Å². The van der Waals surface area contributed by atoms with Crippen molar-refractivity contribution in [3.8, 4) is 0 Å². The number of hydrogen-bond donors (Lipinski definition) is 9. The molecule has 0 aromatic carbocycles. The van der Waals surface area contributed by atoms with Crippen molar-refractivity contribution in [1.29, 1.82) is 0 Å². The zero-order chi connectivity index (χ0) is 58.8. The summed E-state index contributed by atoms with van der Waals surface area (Å²) in [6.07, 6.45) is 54.5. The summed E-state index contributed by atoms with van der Waals surface area (Å²) in [6.45, 7) is 2.66. The Bertz CT molecular complexity index is 1730. The summed E-state index contributed by atoms with van der Waals surface area (Å²) in [5.41, 5.74) is 0. The molecule has 12 atom stereocenters. The van der Waals surface area contributed by atoms with E-state index in [4.69, 9.17) is 18.9 Å². The number of carbonyl (C=O) groups excluding carboxylic acids is 1. The van der Waals surface area contributed by atoms with Gasteiger partial charge in [0, 0.05) is 6.42 Å². The maximum Gasteiger partial charge on any atom is 0.220 e. The Morgan fingerprint density at radius 2 is 0.864 bits per heavy atom. The Morgan fingerprint density at radius 1 is 0.457 bits per heavy atom. The number of nitrogens with one attached hydrogen (secondary N) is 1. The fourth-order valence-corrected chi connectivity index (χ4v) is 9.90. The Balaban J connectivity index is 1.70. The number of aliphatic hydroxyl groups excluding tert-OH is 8. The van der Waals surface area contributed by atoms with Crippen LogP contribution in [0.25, 0.3) is 0 Å². The standard InChI is InChI=1S/C67H115NO13/c1-3-5-7-9-11-13-15-17-19-21-22-23-24-25-26-27-28-29-30-31-32-33-34-35-37-39-41-43-45-47-49-51-59(72)68-55(56(71)50-48-46-44-42-40-38-36-20-18-16-14-12-10-8-6-4-2)54-78-66-64(77)62(75)65(58(53-70)80-66)81-67-63(76)61(74)60(73)57(52-69)79-67/h5,7,11,13,17,19,22-23,25-26,28-29,40,42,48,50,55-58,60-67,69-71,73-77H,3-4,6,8-10,12,14-16,18,20-21,24,27,30-39,41,43-47,49,51-54H2,1-2H3,(H,68,72)/b7-5-,13-11-,19-17-,23-22-,26-25-,29-28-,42-40+,50-48+. The highest BCUT2D eigenvalue weighted by molar-refractivity contribution is 5.76. The number of ether oxygens (including phenoxy) is 4. The molecule has 0 bridgehead atoms. The summed E-state index contributed by atoms with van der Waals surface area (Å²) in [7, 11) is 0. The molecule has 14 heteroatoms. The third-order valence-electron chi connectivity index (χ3n) is 15.0. The van der Waals surface area contributed by atoms with Gasteiger partial charge in [0.05, 0.1) is 32.0 Å². The van der Waals surface area contributed by atoms with Gasteiger partial charge in [0.1, 0.15) is 48.8 Å². The van der Waals surface area contributed by atoms with Gasteiger partial charge >= 0.3 is 0 Å². The number of unbranched alkanes of at least 4 members (excludes halogenated alkanes) is 23. The van der Waals surface area contributed by atoms with E-state index in [9.17, 15) is 45.6 Å². The second kappa shape index (κ2) is 51.3. The number of hydrogen-bond acceptors (Lipinski definition) is 13. The van der Waals surface area contributed by atoms with E-state index in [1.54, 1.807) is 6.08 Å². The lowest BCUT2D eigenvalue weighted by atomic mass is 9.97. The minimum atomic E-state index is -1.79. The van der Waals surface area contributed by atoms with E-state index in [2.05, 4.69) is 104 Å². The van der Waals surface area contributed by atoms with Gasteiger partial charge in [-0.1, -0.05) is 233 Å². The first-order valence-corrected chi connectivity index (χ1v) is 32.0. The van der Waals surface area contributed by atoms with Crippen molar-refractivity contribution < 1.29 is 64.6 Å². The molecule has 9 N–H and O–H groups in total. The Kier molecular flexibility index (Phi) is 46.9. The molecule has 0 aromatic rings. The molecular weight excluding hydrogens is 1030 g/mol. The van der Waals surface area contributed by atoms with Crippen LogP contribution in [0.15, 0.2) is 97.2 Å². The van der Waals surface area contributed by atoms with Crippen LogP contribution in [0.3, 0.4) is 0 Å². The number of rotatable bonds is 50. The number of carbonyl (C=O) groups is 1. The topological polar surface area (TPSA) is 228 Å². The number of amides is 1. The summed E-state index contributed by atoms with van der Waals surface area (Å²) >= 11 is 0. The molecule has 12 unspecified atom stereocenters. The molecule has 81 heavy (non-hydrogen) atoms. The van der Waals surface area contributed by atoms with Crippen molar-refractivity contribution in [1.82, 2.24) is 5.32 Å². The van der Waals surface area contributed by atoms with Gasteiger partial charge in [0.15, 0.2) is 12.6 Å². The van der Waals surface area contributed by atoms with Crippen LogP contribution in [0.4, 0.5) is 0 Å². The largest absolute Gasteiger partial charge is 0.394 e. The van der Waals surface area contributed by atoms with Gasteiger partial charge < -0.3 is 65.1 Å². The molecule has 0 saturated carbocycles. The summed E-state index contributed by atoms with van der Waals surface area (Å²) in [5.74, 6) is -0.255. The highest BCUT2D eigenvalue weighted by Gasteiger charge is 2.51. The van der Waals surface area contributed by atoms with Crippen LogP contribution in [-0.4, -0.2) is 140 Å². The van der Waals surface area contributed by atoms with Gasteiger partial charge in [0.2, 0.25) is 5.91 Å². The van der Waals surface area contributed by atoms with Crippen molar-refractivity contribution in [2.24, 2.45) is 0 Å². The van der Waals surface area contributed by atoms with Crippen molar-refractivity contribution in [2.45, 2.75) is 299 Å². The quantitative estimate of drug-likeness (QED) is 0.0204. The lowest BCUT2D eigenvalue weighted by Crippen LogP contribution is -2.65. The molecule has 14 nitrogen and oxygen atoms in total. The molecular formula is C67H115NO13. The van der Waals surface area contributed by atoms with Gasteiger partial charge in [-0.15, -0.1) is 0 Å². The van der Waals surface area contributed by atoms with E-state index in [-0.39, 0.29) is 18.9 Å². The predicted octanol–water partition coefficient (Wildman–Crippen LogP) is 11.8. The third-order valence-corrected chi connectivity index (χ3v) is 15.0.